The molecule has 6 heteroatoms. The highest BCUT2D eigenvalue weighted by Crippen LogP contribution is 2.24. The standard InChI is InChI=1S/C15H26N4OS/c1-11(2)16-10-13-14(17-15-19(13)7-9-21-15)18(5)6-8-20-12(3)4/h7,9,11-12,16H,6,8,10H2,1-5H3. The highest BCUT2D eigenvalue weighted by molar-refractivity contribution is 7.15. The Bertz CT molecular complexity index is 561. The summed E-state index contributed by atoms with van der Waals surface area (Å²) in [6, 6.07) is 0.455. The minimum Gasteiger partial charge on any atom is -0.377 e. The number of likely N-dealkylation sites (N-methyl/N-ethyl adjacent to an activating group) is 1. The SMILES string of the molecule is CC(C)NCc1c(N(C)CCOC(C)C)nc2sccn12. The van der Waals surface area contributed by atoms with Crippen molar-refractivity contribution in [3.63, 3.8) is 0 Å². The molecule has 0 aliphatic rings. The van der Waals surface area contributed by atoms with E-state index in [9.17, 15) is 0 Å². The zero-order valence-electron chi connectivity index (χ0n) is 13.6. The fourth-order valence-corrected chi connectivity index (χ4v) is 2.85. The van der Waals surface area contributed by atoms with Gasteiger partial charge in [-0.1, -0.05) is 13.8 Å². The van der Waals surface area contributed by atoms with Crippen LogP contribution in [0.3, 0.4) is 0 Å². The van der Waals surface area contributed by atoms with Crippen molar-refractivity contribution in [2.75, 3.05) is 25.1 Å². The van der Waals surface area contributed by atoms with Crippen molar-refractivity contribution in [1.29, 1.82) is 0 Å². The molecule has 118 valence electrons. The van der Waals surface area contributed by atoms with Gasteiger partial charge in [-0.2, -0.15) is 0 Å². The fraction of sp³-hybridized carbons (Fsp3) is 0.667. The highest BCUT2D eigenvalue weighted by atomic mass is 32.1. The lowest BCUT2D eigenvalue weighted by molar-refractivity contribution is 0.0845. The molecule has 2 heterocycles. The molecule has 0 radical (unpaired) electrons. The van der Waals surface area contributed by atoms with Gasteiger partial charge in [0.1, 0.15) is 0 Å². The average molecular weight is 310 g/mol. The maximum Gasteiger partial charge on any atom is 0.195 e. The Balaban J connectivity index is 2.13. The first-order valence-electron chi connectivity index (χ1n) is 7.49. The van der Waals surface area contributed by atoms with Crippen LogP contribution in [0.25, 0.3) is 4.96 Å². The van der Waals surface area contributed by atoms with E-state index < -0.39 is 0 Å². The Kier molecular flexibility index (Phi) is 5.61. The van der Waals surface area contributed by atoms with Gasteiger partial charge in [0, 0.05) is 37.8 Å². The summed E-state index contributed by atoms with van der Waals surface area (Å²) in [5.41, 5.74) is 1.21. The van der Waals surface area contributed by atoms with Gasteiger partial charge in [-0.15, -0.1) is 11.3 Å². The Hall–Kier alpha value is -1.11. The van der Waals surface area contributed by atoms with Crippen LogP contribution >= 0.6 is 11.3 Å². The van der Waals surface area contributed by atoms with Crippen molar-refractivity contribution in [2.45, 2.75) is 46.4 Å². The number of nitrogens with zero attached hydrogens (tertiary/aromatic N) is 3. The maximum absolute atomic E-state index is 5.64. The summed E-state index contributed by atoms with van der Waals surface area (Å²) >= 11 is 1.67. The zero-order valence-corrected chi connectivity index (χ0v) is 14.4. The zero-order chi connectivity index (χ0) is 15.4. The molecule has 0 unspecified atom stereocenters. The van der Waals surface area contributed by atoms with Gasteiger partial charge in [-0.25, -0.2) is 4.98 Å². The molecule has 5 nitrogen and oxygen atoms in total. The van der Waals surface area contributed by atoms with Crippen LogP contribution < -0.4 is 10.2 Å². The first-order chi connectivity index (χ1) is 9.99. The number of ether oxygens (including phenoxy) is 1. The number of nitrogens with one attached hydrogen (secondary N) is 1. The van der Waals surface area contributed by atoms with Crippen LogP contribution in [0.1, 0.15) is 33.4 Å². The van der Waals surface area contributed by atoms with Crippen molar-refractivity contribution in [3.05, 3.63) is 17.3 Å². The van der Waals surface area contributed by atoms with E-state index in [0.29, 0.717) is 6.04 Å². The number of imidazole rings is 1. The van der Waals surface area contributed by atoms with Gasteiger partial charge in [-0.05, 0) is 13.8 Å². The maximum atomic E-state index is 5.64. The van der Waals surface area contributed by atoms with Crippen molar-refractivity contribution >= 4 is 22.1 Å². The lowest BCUT2D eigenvalue weighted by Gasteiger charge is -2.20. The molecule has 0 fully saturated rings. The summed E-state index contributed by atoms with van der Waals surface area (Å²) in [5, 5.41) is 5.56. The second-order valence-electron chi connectivity index (χ2n) is 5.81. The van der Waals surface area contributed by atoms with Gasteiger partial charge in [0.05, 0.1) is 18.4 Å². The summed E-state index contributed by atoms with van der Waals surface area (Å²) in [6.07, 6.45) is 2.36. The normalized spacial score (nSPS) is 12.0. The Morgan fingerprint density at radius 2 is 2.14 bits per heavy atom. The van der Waals surface area contributed by atoms with Gasteiger partial charge in [0.25, 0.3) is 0 Å². The first-order valence-corrected chi connectivity index (χ1v) is 8.37. The topological polar surface area (TPSA) is 41.8 Å². The molecule has 1 N–H and O–H groups in total. The minimum absolute atomic E-state index is 0.269. The molecule has 2 aromatic rings. The third kappa shape index (κ3) is 4.18. The summed E-state index contributed by atoms with van der Waals surface area (Å²) in [7, 11) is 2.08. The summed E-state index contributed by atoms with van der Waals surface area (Å²) < 4.78 is 7.81. The van der Waals surface area contributed by atoms with Crippen LogP contribution in [-0.4, -0.2) is 41.7 Å². The number of rotatable bonds is 8. The van der Waals surface area contributed by atoms with Crippen LogP contribution in [-0.2, 0) is 11.3 Å². The quantitative estimate of drug-likeness (QED) is 0.814. The first kappa shape index (κ1) is 16.3. The monoisotopic (exact) mass is 310 g/mol. The Morgan fingerprint density at radius 3 is 2.81 bits per heavy atom. The molecule has 0 aromatic carbocycles. The molecule has 0 amide bonds. The second-order valence-corrected chi connectivity index (χ2v) is 6.69. The third-order valence-corrected chi connectivity index (χ3v) is 4.01. The highest BCUT2D eigenvalue weighted by Gasteiger charge is 2.16. The molecule has 2 aromatic heterocycles. The van der Waals surface area contributed by atoms with Crippen LogP contribution in [0.2, 0.25) is 0 Å². The molecule has 0 aliphatic carbocycles. The molecule has 0 aliphatic heterocycles. The van der Waals surface area contributed by atoms with Crippen molar-refractivity contribution < 1.29 is 4.74 Å². The lowest BCUT2D eigenvalue weighted by atomic mass is 10.3. The number of anilines is 1. The third-order valence-electron chi connectivity index (χ3n) is 3.26. The van der Waals surface area contributed by atoms with E-state index >= 15 is 0 Å². The predicted molar refractivity (Wildman–Crippen MR) is 89.4 cm³/mol. The van der Waals surface area contributed by atoms with Gasteiger partial charge in [0.2, 0.25) is 0 Å². The number of hydrogen-bond acceptors (Lipinski definition) is 5. The van der Waals surface area contributed by atoms with E-state index in [4.69, 9.17) is 9.72 Å². The van der Waals surface area contributed by atoms with Gasteiger partial charge in [0.15, 0.2) is 10.8 Å². The number of fused-ring (bicyclic) bond motifs is 1. The predicted octanol–water partition coefficient (Wildman–Crippen LogP) is 2.76. The number of aromatic nitrogens is 2. The minimum atomic E-state index is 0.269. The molecule has 0 saturated heterocycles. The van der Waals surface area contributed by atoms with E-state index in [0.717, 1.165) is 30.5 Å². The molecule has 21 heavy (non-hydrogen) atoms. The van der Waals surface area contributed by atoms with Crippen molar-refractivity contribution in [2.24, 2.45) is 0 Å². The van der Waals surface area contributed by atoms with Crippen LogP contribution in [0.4, 0.5) is 5.82 Å². The fourth-order valence-electron chi connectivity index (χ4n) is 2.12. The van der Waals surface area contributed by atoms with Crippen molar-refractivity contribution in [1.82, 2.24) is 14.7 Å². The van der Waals surface area contributed by atoms with Crippen LogP contribution in [0, 0.1) is 0 Å². The molecule has 0 atom stereocenters. The van der Waals surface area contributed by atoms with E-state index in [-0.39, 0.29) is 6.10 Å². The summed E-state index contributed by atoms with van der Waals surface area (Å²) in [6.45, 7) is 10.8. The molecule has 2 rings (SSSR count). The second kappa shape index (κ2) is 7.24. The number of thiazole rings is 1. The molecular formula is C15H26N4OS. The molecule has 0 bridgehead atoms. The van der Waals surface area contributed by atoms with Gasteiger partial charge in [-0.3, -0.25) is 4.40 Å². The molecule has 0 saturated carbocycles. The van der Waals surface area contributed by atoms with Gasteiger partial charge < -0.3 is 15.0 Å². The summed E-state index contributed by atoms with van der Waals surface area (Å²) in [5.74, 6) is 1.04. The van der Waals surface area contributed by atoms with Crippen molar-refractivity contribution in [3.8, 4) is 0 Å². The van der Waals surface area contributed by atoms with E-state index in [1.165, 1.54) is 5.69 Å². The number of hydrogen-bond donors (Lipinski definition) is 1. The summed E-state index contributed by atoms with van der Waals surface area (Å²) in [4.78, 5) is 7.98. The smallest absolute Gasteiger partial charge is 0.195 e. The van der Waals surface area contributed by atoms with E-state index in [2.05, 4.69) is 60.9 Å². The largest absolute Gasteiger partial charge is 0.377 e. The Morgan fingerprint density at radius 1 is 1.38 bits per heavy atom. The Labute approximate surface area is 130 Å². The molecule has 0 spiro atoms. The lowest BCUT2D eigenvalue weighted by Crippen LogP contribution is -2.28. The van der Waals surface area contributed by atoms with Crippen LogP contribution in [0.5, 0.6) is 0 Å². The van der Waals surface area contributed by atoms with Gasteiger partial charge >= 0.3 is 0 Å². The van der Waals surface area contributed by atoms with E-state index in [1.54, 1.807) is 11.3 Å². The van der Waals surface area contributed by atoms with Crippen LogP contribution in [0.15, 0.2) is 11.6 Å². The average Bonchev–Trinajstić information content (AvgIpc) is 2.96. The van der Waals surface area contributed by atoms with E-state index in [1.807, 2.05) is 0 Å². The molecular weight excluding hydrogens is 284 g/mol.